The molecule has 1 unspecified atom stereocenters. The van der Waals surface area contributed by atoms with Crippen LogP contribution in [0.1, 0.15) is 6.93 Å². The van der Waals surface area contributed by atoms with Gasteiger partial charge in [0.1, 0.15) is 0 Å². The summed E-state index contributed by atoms with van der Waals surface area (Å²) in [5, 5.41) is -0.0186. The van der Waals surface area contributed by atoms with Crippen LogP contribution in [0.15, 0.2) is 42.5 Å². The molecule has 1 aromatic rings. The van der Waals surface area contributed by atoms with Gasteiger partial charge >= 0.3 is 0 Å². The van der Waals surface area contributed by atoms with E-state index in [2.05, 4.69) is 17.0 Å². The van der Waals surface area contributed by atoms with Crippen molar-refractivity contribution in [3.63, 3.8) is 0 Å². The van der Waals surface area contributed by atoms with Crippen LogP contribution in [-0.4, -0.2) is 23.4 Å². The second kappa shape index (κ2) is 4.63. The van der Waals surface area contributed by atoms with Crippen LogP contribution in [0.4, 0.5) is 0 Å². The van der Waals surface area contributed by atoms with Gasteiger partial charge in [0, 0.05) is 19.6 Å². The number of hydrogen-bond acceptors (Lipinski definition) is 1. The minimum atomic E-state index is -0.0186. The summed E-state index contributed by atoms with van der Waals surface area (Å²) in [6.45, 7) is 2.41. The zero-order valence-electron chi connectivity index (χ0n) is 8.99. The van der Waals surface area contributed by atoms with Crippen molar-refractivity contribution < 1.29 is 1.37 Å². The molecule has 1 aliphatic heterocycles. The van der Waals surface area contributed by atoms with E-state index in [1.165, 1.54) is 5.56 Å². The second-order valence-electron chi connectivity index (χ2n) is 3.54. The molecule has 1 nitrogen and oxygen atoms in total. The average Bonchev–Trinajstić information content (AvgIpc) is 2.17. The topological polar surface area (TPSA) is 3.24 Å². The molecule has 14 heavy (non-hydrogen) atoms. The van der Waals surface area contributed by atoms with Gasteiger partial charge in [-0.05, 0) is 5.56 Å². The second-order valence-corrected chi connectivity index (χ2v) is 4.10. The number of rotatable bonds is 2. The maximum atomic E-state index is 7.63. The Morgan fingerprint density at radius 1 is 1.43 bits per heavy atom. The molecular formula is C12H14ClN. The van der Waals surface area contributed by atoms with Crippen LogP contribution in [0.5, 0.6) is 0 Å². The maximum absolute atomic E-state index is 7.63. The zero-order chi connectivity index (χ0) is 10.7. The van der Waals surface area contributed by atoms with Crippen molar-refractivity contribution in [2.45, 2.75) is 11.9 Å². The third kappa shape index (κ3) is 2.60. The highest BCUT2D eigenvalue weighted by molar-refractivity contribution is 6.22. The summed E-state index contributed by atoms with van der Waals surface area (Å²) in [4.78, 5) is 2.20. The van der Waals surface area contributed by atoms with Crippen LogP contribution in [0.3, 0.4) is 0 Å². The van der Waals surface area contributed by atoms with E-state index in [0.717, 1.165) is 13.1 Å². The smallest absolute Gasteiger partial charge is 0.0643 e. The Kier molecular flexibility index (Phi) is 2.81. The van der Waals surface area contributed by atoms with E-state index in [0.29, 0.717) is 12.6 Å². The maximum Gasteiger partial charge on any atom is 0.0643 e. The highest BCUT2D eigenvalue weighted by Crippen LogP contribution is 2.11. The molecule has 1 heterocycles. The molecule has 0 radical (unpaired) electrons. The number of hydrogen-bond donors (Lipinski definition) is 0. The minimum Gasteiger partial charge on any atom is -0.294 e. The fraction of sp³-hybridized carbons (Fsp3) is 0.333. The van der Waals surface area contributed by atoms with Crippen LogP contribution >= 0.6 is 11.6 Å². The van der Waals surface area contributed by atoms with E-state index in [9.17, 15) is 0 Å². The summed E-state index contributed by atoms with van der Waals surface area (Å²) < 4.78 is 7.63. The van der Waals surface area contributed by atoms with E-state index in [1.54, 1.807) is 0 Å². The van der Waals surface area contributed by atoms with Crippen molar-refractivity contribution in [2.24, 2.45) is 0 Å². The molecule has 0 aliphatic carbocycles. The summed E-state index contributed by atoms with van der Waals surface area (Å²) in [7, 11) is 0. The van der Waals surface area contributed by atoms with Gasteiger partial charge in [-0.1, -0.05) is 42.5 Å². The SMILES string of the molecule is [2H]C1=CC(Cl)CN(Cc2ccccc2)C1. The van der Waals surface area contributed by atoms with Crippen LogP contribution in [0.2, 0.25) is 0 Å². The Bertz CT molecular complexity index is 350. The Hall–Kier alpha value is -0.790. The van der Waals surface area contributed by atoms with E-state index in [-0.39, 0.29) is 5.38 Å². The predicted octanol–water partition coefficient (Wildman–Crippen LogP) is 2.67. The van der Waals surface area contributed by atoms with Gasteiger partial charge in [-0.3, -0.25) is 4.90 Å². The van der Waals surface area contributed by atoms with Crippen LogP contribution in [0, 0.1) is 0 Å². The quantitative estimate of drug-likeness (QED) is 0.534. The Labute approximate surface area is 91.4 Å². The van der Waals surface area contributed by atoms with Crippen molar-refractivity contribution >= 4 is 11.6 Å². The first kappa shape index (κ1) is 8.51. The average molecular weight is 209 g/mol. The minimum absolute atomic E-state index is 0.0186. The first-order valence-electron chi connectivity index (χ1n) is 5.31. The lowest BCUT2D eigenvalue weighted by atomic mass is 10.2. The lowest BCUT2D eigenvalue weighted by Gasteiger charge is -2.25. The van der Waals surface area contributed by atoms with Crippen LogP contribution in [0.25, 0.3) is 0 Å². The van der Waals surface area contributed by atoms with Gasteiger partial charge in [-0.2, -0.15) is 0 Å². The van der Waals surface area contributed by atoms with E-state index in [1.807, 2.05) is 24.3 Å². The first-order valence-corrected chi connectivity index (χ1v) is 5.25. The third-order valence-corrected chi connectivity index (χ3v) is 2.56. The molecule has 1 aliphatic rings. The fourth-order valence-corrected chi connectivity index (χ4v) is 1.92. The lowest BCUT2D eigenvalue weighted by molar-refractivity contribution is 0.293. The summed E-state index contributed by atoms with van der Waals surface area (Å²) in [6.07, 6.45) is 1.82. The van der Waals surface area contributed by atoms with Crippen LogP contribution < -0.4 is 0 Å². The normalized spacial score (nSPS) is 24.2. The molecule has 74 valence electrons. The van der Waals surface area contributed by atoms with E-state index < -0.39 is 0 Å². The third-order valence-electron chi connectivity index (χ3n) is 2.30. The van der Waals surface area contributed by atoms with E-state index in [4.69, 9.17) is 13.0 Å². The summed E-state index contributed by atoms with van der Waals surface area (Å²) >= 11 is 6.03. The number of benzene rings is 1. The molecule has 0 aromatic heterocycles. The molecule has 0 bridgehead atoms. The van der Waals surface area contributed by atoms with Crippen molar-refractivity contribution in [3.8, 4) is 0 Å². The highest BCUT2D eigenvalue weighted by Gasteiger charge is 2.12. The molecule has 2 heteroatoms. The van der Waals surface area contributed by atoms with Gasteiger partial charge in [-0.25, -0.2) is 0 Å². The highest BCUT2D eigenvalue weighted by atomic mass is 35.5. The Morgan fingerprint density at radius 2 is 2.21 bits per heavy atom. The van der Waals surface area contributed by atoms with Gasteiger partial charge in [0.15, 0.2) is 0 Å². The van der Waals surface area contributed by atoms with Gasteiger partial charge in [-0.15, -0.1) is 11.6 Å². The summed E-state index contributed by atoms with van der Waals surface area (Å²) in [6, 6.07) is 10.9. The summed E-state index contributed by atoms with van der Waals surface area (Å²) in [5.41, 5.74) is 1.27. The van der Waals surface area contributed by atoms with Crippen molar-refractivity contribution in [2.75, 3.05) is 13.1 Å². The predicted molar refractivity (Wildman–Crippen MR) is 60.5 cm³/mol. The Balaban J connectivity index is 1.99. The molecule has 0 saturated carbocycles. The molecule has 1 atom stereocenters. The molecule has 2 rings (SSSR count). The van der Waals surface area contributed by atoms with Crippen LogP contribution in [-0.2, 0) is 6.54 Å². The van der Waals surface area contributed by atoms with Crippen molar-refractivity contribution in [1.29, 1.82) is 0 Å². The molecule has 1 aromatic carbocycles. The largest absolute Gasteiger partial charge is 0.294 e. The van der Waals surface area contributed by atoms with Gasteiger partial charge in [0.05, 0.1) is 6.75 Å². The zero-order valence-corrected chi connectivity index (χ0v) is 8.74. The molecular weight excluding hydrogens is 194 g/mol. The molecule has 0 amide bonds. The molecule has 0 saturated heterocycles. The summed E-state index contributed by atoms with van der Waals surface area (Å²) in [5.74, 6) is 0. The molecule has 0 N–H and O–H groups in total. The lowest BCUT2D eigenvalue weighted by Crippen LogP contribution is -2.32. The van der Waals surface area contributed by atoms with Gasteiger partial charge in [0.25, 0.3) is 0 Å². The van der Waals surface area contributed by atoms with Gasteiger partial charge in [0.2, 0.25) is 0 Å². The standard InChI is InChI=1S/C12H14ClN/c13-12-7-4-8-14(10-12)9-11-5-2-1-3-6-11/h1-7,12H,8-10H2/i4D. The monoisotopic (exact) mass is 208 g/mol. The van der Waals surface area contributed by atoms with E-state index >= 15 is 0 Å². The molecule has 0 fully saturated rings. The number of halogens is 1. The van der Waals surface area contributed by atoms with Crippen molar-refractivity contribution in [1.82, 2.24) is 4.90 Å². The van der Waals surface area contributed by atoms with Crippen molar-refractivity contribution in [3.05, 3.63) is 48.0 Å². The van der Waals surface area contributed by atoms with Gasteiger partial charge < -0.3 is 0 Å². The first-order chi connectivity index (χ1) is 7.24. The number of alkyl halides is 1. The molecule has 0 spiro atoms. The number of nitrogens with zero attached hydrogens (tertiary/aromatic N) is 1. The fourth-order valence-electron chi connectivity index (χ4n) is 1.64. The Morgan fingerprint density at radius 3 is 2.93 bits per heavy atom.